The van der Waals surface area contributed by atoms with Crippen LogP contribution in [0.25, 0.3) is 20.7 Å². The fraction of sp³-hybridized carbons (Fsp3) is 0.267. The molecule has 1 atom stereocenters. The number of hydrogen-bond acceptors (Lipinski definition) is 4. The lowest BCUT2D eigenvalue weighted by molar-refractivity contribution is 0.474. The van der Waals surface area contributed by atoms with Crippen LogP contribution in [0.3, 0.4) is 0 Å². The molecule has 3 aromatic rings. The maximum absolute atomic E-state index is 6.26. The van der Waals surface area contributed by atoms with Crippen molar-refractivity contribution in [3.05, 3.63) is 40.7 Å². The van der Waals surface area contributed by atoms with Gasteiger partial charge in [-0.3, -0.25) is 0 Å². The molecule has 2 aromatic heterocycles. The molecule has 0 spiro atoms. The molecule has 98 valence electrons. The molecule has 3 rings (SSSR count). The van der Waals surface area contributed by atoms with Crippen molar-refractivity contribution in [2.24, 2.45) is 5.73 Å². The molecule has 0 aliphatic heterocycles. The second kappa shape index (κ2) is 4.71. The van der Waals surface area contributed by atoms with Gasteiger partial charge in [-0.2, -0.15) is 0 Å². The maximum atomic E-state index is 6.26. The molecular formula is C15H16N2S2. The van der Waals surface area contributed by atoms with E-state index in [0.717, 1.165) is 17.1 Å². The summed E-state index contributed by atoms with van der Waals surface area (Å²) >= 11 is 3.44. The van der Waals surface area contributed by atoms with Gasteiger partial charge >= 0.3 is 0 Å². The van der Waals surface area contributed by atoms with E-state index in [9.17, 15) is 0 Å². The molecule has 0 saturated heterocycles. The van der Waals surface area contributed by atoms with Crippen molar-refractivity contribution in [2.75, 3.05) is 0 Å². The monoisotopic (exact) mass is 288 g/mol. The van der Waals surface area contributed by atoms with Gasteiger partial charge in [0.1, 0.15) is 5.01 Å². The van der Waals surface area contributed by atoms with Crippen molar-refractivity contribution in [2.45, 2.75) is 25.8 Å². The maximum Gasteiger partial charge on any atom is 0.113 e. The van der Waals surface area contributed by atoms with Gasteiger partial charge < -0.3 is 5.73 Å². The molecule has 0 saturated carbocycles. The van der Waals surface area contributed by atoms with Gasteiger partial charge in [0.2, 0.25) is 0 Å². The summed E-state index contributed by atoms with van der Waals surface area (Å²) in [7, 11) is 0. The number of benzene rings is 1. The zero-order chi connectivity index (χ0) is 13.5. The zero-order valence-corrected chi connectivity index (χ0v) is 12.6. The Morgan fingerprint density at radius 3 is 2.84 bits per heavy atom. The van der Waals surface area contributed by atoms with Gasteiger partial charge in [-0.15, -0.1) is 22.7 Å². The van der Waals surface area contributed by atoms with Gasteiger partial charge in [0.05, 0.1) is 16.1 Å². The highest BCUT2D eigenvalue weighted by Crippen LogP contribution is 2.35. The van der Waals surface area contributed by atoms with Crippen LogP contribution in [0, 0.1) is 0 Å². The van der Waals surface area contributed by atoms with E-state index in [0.29, 0.717) is 0 Å². The normalized spacial score (nSPS) is 14.7. The van der Waals surface area contributed by atoms with Gasteiger partial charge in [-0.25, -0.2) is 4.98 Å². The van der Waals surface area contributed by atoms with Crippen molar-refractivity contribution in [3.8, 4) is 10.6 Å². The molecule has 2 nitrogen and oxygen atoms in total. The molecule has 1 unspecified atom stereocenters. The van der Waals surface area contributed by atoms with Gasteiger partial charge in [0.25, 0.3) is 0 Å². The molecule has 0 fully saturated rings. The Morgan fingerprint density at radius 1 is 1.32 bits per heavy atom. The predicted octanol–water partition coefficient (Wildman–Crippen LogP) is 4.61. The van der Waals surface area contributed by atoms with Crippen molar-refractivity contribution in [3.63, 3.8) is 0 Å². The Morgan fingerprint density at radius 2 is 2.11 bits per heavy atom. The number of nitrogens with two attached hydrogens (primary N) is 1. The molecule has 19 heavy (non-hydrogen) atoms. The van der Waals surface area contributed by atoms with Crippen LogP contribution in [0.2, 0.25) is 0 Å². The average Bonchev–Trinajstić information content (AvgIpc) is 3.05. The summed E-state index contributed by atoms with van der Waals surface area (Å²) in [5, 5.41) is 4.41. The molecule has 1 aromatic carbocycles. The topological polar surface area (TPSA) is 38.9 Å². The van der Waals surface area contributed by atoms with Crippen molar-refractivity contribution >= 4 is 32.8 Å². The lowest BCUT2D eigenvalue weighted by Crippen LogP contribution is -2.31. The van der Waals surface area contributed by atoms with Crippen LogP contribution in [0.1, 0.15) is 25.3 Å². The van der Waals surface area contributed by atoms with E-state index in [4.69, 9.17) is 10.7 Å². The van der Waals surface area contributed by atoms with E-state index in [1.165, 1.54) is 15.0 Å². The van der Waals surface area contributed by atoms with E-state index in [1.54, 1.807) is 22.7 Å². The fourth-order valence-electron chi connectivity index (χ4n) is 1.91. The van der Waals surface area contributed by atoms with Crippen LogP contribution in [0.5, 0.6) is 0 Å². The van der Waals surface area contributed by atoms with Gasteiger partial charge in [0.15, 0.2) is 0 Å². The first-order chi connectivity index (χ1) is 9.10. The number of aromatic nitrogens is 1. The van der Waals surface area contributed by atoms with Crippen LogP contribution < -0.4 is 5.73 Å². The highest BCUT2D eigenvalue weighted by atomic mass is 32.1. The van der Waals surface area contributed by atoms with Crippen LogP contribution in [0.4, 0.5) is 0 Å². The first kappa shape index (κ1) is 12.8. The summed E-state index contributed by atoms with van der Waals surface area (Å²) in [6, 6.07) is 10.6. The number of fused-ring (bicyclic) bond motifs is 1. The second-order valence-electron chi connectivity index (χ2n) is 4.96. The van der Waals surface area contributed by atoms with E-state index >= 15 is 0 Å². The van der Waals surface area contributed by atoms with Crippen molar-refractivity contribution < 1.29 is 0 Å². The third-order valence-electron chi connectivity index (χ3n) is 3.41. The second-order valence-corrected chi connectivity index (χ2v) is 6.90. The summed E-state index contributed by atoms with van der Waals surface area (Å²) in [6.07, 6.45) is 0.895. The summed E-state index contributed by atoms with van der Waals surface area (Å²) < 4.78 is 1.30. The summed E-state index contributed by atoms with van der Waals surface area (Å²) in [6.45, 7) is 4.14. The fourth-order valence-corrected chi connectivity index (χ4v) is 3.97. The molecular weight excluding hydrogens is 272 g/mol. The smallest absolute Gasteiger partial charge is 0.113 e. The Kier molecular flexibility index (Phi) is 3.17. The lowest BCUT2D eigenvalue weighted by Gasteiger charge is -2.18. The molecule has 2 heterocycles. The zero-order valence-electron chi connectivity index (χ0n) is 11.0. The predicted molar refractivity (Wildman–Crippen MR) is 84.8 cm³/mol. The summed E-state index contributed by atoms with van der Waals surface area (Å²) in [5.74, 6) is 0. The standard InChI is InChI=1S/C15H16N2S2/c1-3-15(2,16)14-17-11(9-18-14)13-8-10-6-4-5-7-12(10)19-13/h4-9H,3,16H2,1-2H3. The number of hydrogen-bond donors (Lipinski definition) is 1. The largest absolute Gasteiger partial charge is 0.320 e. The van der Waals surface area contributed by atoms with E-state index in [-0.39, 0.29) is 5.54 Å². The minimum absolute atomic E-state index is 0.320. The lowest BCUT2D eigenvalue weighted by atomic mass is 10.0. The first-order valence-electron chi connectivity index (χ1n) is 6.34. The Bertz CT molecular complexity index is 677. The molecule has 0 bridgehead atoms. The number of nitrogens with zero attached hydrogens (tertiary/aromatic N) is 1. The van der Waals surface area contributed by atoms with Gasteiger partial charge in [0, 0.05) is 10.1 Å². The third-order valence-corrected chi connectivity index (χ3v) is 5.67. The molecule has 0 aliphatic rings. The summed E-state index contributed by atoms with van der Waals surface area (Å²) in [5.41, 5.74) is 6.98. The Hall–Kier alpha value is -1.23. The Labute approximate surface area is 120 Å². The molecule has 0 amide bonds. The van der Waals surface area contributed by atoms with E-state index in [2.05, 4.69) is 42.6 Å². The quantitative estimate of drug-likeness (QED) is 0.764. The first-order valence-corrected chi connectivity index (χ1v) is 8.03. The van der Waals surface area contributed by atoms with Crippen molar-refractivity contribution in [1.29, 1.82) is 0 Å². The SMILES string of the molecule is CCC(C)(N)c1nc(-c2cc3ccccc3s2)cs1. The van der Waals surface area contributed by atoms with Crippen LogP contribution in [-0.2, 0) is 5.54 Å². The minimum Gasteiger partial charge on any atom is -0.320 e. The Balaban J connectivity index is 2.03. The third kappa shape index (κ3) is 2.31. The van der Waals surface area contributed by atoms with Crippen LogP contribution in [0.15, 0.2) is 35.7 Å². The van der Waals surface area contributed by atoms with Crippen LogP contribution in [-0.4, -0.2) is 4.98 Å². The van der Waals surface area contributed by atoms with Gasteiger partial charge in [-0.05, 0) is 30.9 Å². The van der Waals surface area contributed by atoms with E-state index in [1.807, 2.05) is 6.92 Å². The number of thiazole rings is 1. The molecule has 0 radical (unpaired) electrons. The molecule has 4 heteroatoms. The van der Waals surface area contributed by atoms with Crippen molar-refractivity contribution in [1.82, 2.24) is 4.98 Å². The average molecular weight is 288 g/mol. The van der Waals surface area contributed by atoms with Crippen LogP contribution >= 0.6 is 22.7 Å². The molecule has 0 aliphatic carbocycles. The highest BCUT2D eigenvalue weighted by molar-refractivity contribution is 7.22. The molecule has 2 N–H and O–H groups in total. The van der Waals surface area contributed by atoms with E-state index < -0.39 is 0 Å². The van der Waals surface area contributed by atoms with Gasteiger partial charge in [-0.1, -0.05) is 25.1 Å². The number of thiophene rings is 1. The highest BCUT2D eigenvalue weighted by Gasteiger charge is 2.23. The number of rotatable bonds is 3. The summed E-state index contributed by atoms with van der Waals surface area (Å²) in [4.78, 5) is 5.94. The minimum atomic E-state index is -0.320.